The van der Waals surface area contributed by atoms with Gasteiger partial charge in [-0.05, 0) is 18.8 Å². The first-order chi connectivity index (χ1) is 8.66. The summed E-state index contributed by atoms with van der Waals surface area (Å²) in [6, 6.07) is 0.486. The molecule has 0 aromatic carbocycles. The third-order valence-corrected chi connectivity index (χ3v) is 3.55. The first kappa shape index (κ1) is 13.3. The van der Waals surface area contributed by atoms with Crippen LogP contribution in [-0.2, 0) is 6.54 Å². The van der Waals surface area contributed by atoms with Gasteiger partial charge in [0.05, 0.1) is 0 Å². The zero-order chi connectivity index (χ0) is 13.0. The van der Waals surface area contributed by atoms with Crippen molar-refractivity contribution in [3.63, 3.8) is 0 Å². The van der Waals surface area contributed by atoms with Gasteiger partial charge in [-0.15, -0.1) is 0 Å². The third kappa shape index (κ3) is 3.42. The van der Waals surface area contributed by atoms with Gasteiger partial charge in [-0.25, -0.2) is 9.97 Å². The van der Waals surface area contributed by atoms with E-state index < -0.39 is 0 Å². The lowest BCUT2D eigenvalue weighted by Crippen LogP contribution is -2.35. The lowest BCUT2D eigenvalue weighted by Gasteiger charge is -2.32. The van der Waals surface area contributed by atoms with Crippen LogP contribution in [0.25, 0.3) is 0 Å². The van der Waals surface area contributed by atoms with E-state index in [-0.39, 0.29) is 0 Å². The highest BCUT2D eigenvalue weighted by Crippen LogP contribution is 2.23. The first-order valence-corrected chi connectivity index (χ1v) is 6.94. The van der Waals surface area contributed by atoms with Crippen LogP contribution in [0.1, 0.15) is 39.2 Å². The summed E-state index contributed by atoms with van der Waals surface area (Å²) in [6.07, 6.45) is 6.13. The predicted octanol–water partition coefficient (Wildman–Crippen LogP) is 2.21. The molecule has 1 aliphatic rings. The highest BCUT2D eigenvalue weighted by Gasteiger charge is 2.19. The Morgan fingerprint density at radius 3 is 2.78 bits per heavy atom. The third-order valence-electron chi connectivity index (χ3n) is 3.55. The van der Waals surface area contributed by atoms with Crippen LogP contribution in [0.4, 0.5) is 5.82 Å². The van der Waals surface area contributed by atoms with Crippen molar-refractivity contribution in [1.29, 1.82) is 0 Å². The number of nitrogens with zero attached hydrogens (tertiary/aromatic N) is 3. The second-order valence-electron chi connectivity index (χ2n) is 5.58. The van der Waals surface area contributed by atoms with Gasteiger partial charge in [0.2, 0.25) is 0 Å². The van der Waals surface area contributed by atoms with Gasteiger partial charge in [-0.1, -0.05) is 20.8 Å². The van der Waals surface area contributed by atoms with Crippen LogP contribution in [0.2, 0.25) is 0 Å². The minimum Gasteiger partial charge on any atom is -0.356 e. The van der Waals surface area contributed by atoms with Crippen LogP contribution in [-0.4, -0.2) is 29.1 Å². The summed E-state index contributed by atoms with van der Waals surface area (Å²) in [7, 11) is 0. The van der Waals surface area contributed by atoms with E-state index >= 15 is 0 Å². The van der Waals surface area contributed by atoms with Crippen molar-refractivity contribution in [2.45, 2.75) is 46.2 Å². The van der Waals surface area contributed by atoms with Gasteiger partial charge < -0.3 is 10.2 Å². The number of hydrogen-bond acceptors (Lipinski definition) is 4. The van der Waals surface area contributed by atoms with E-state index in [1.165, 1.54) is 18.4 Å². The predicted molar refractivity (Wildman–Crippen MR) is 74.6 cm³/mol. The number of rotatable bonds is 4. The smallest absolute Gasteiger partial charge is 0.136 e. The maximum atomic E-state index is 4.48. The van der Waals surface area contributed by atoms with Crippen molar-refractivity contribution in [2.24, 2.45) is 5.92 Å². The first-order valence-electron chi connectivity index (χ1n) is 6.94. The molecular formula is C14H24N4. The van der Waals surface area contributed by atoms with Crippen molar-refractivity contribution in [3.05, 3.63) is 18.1 Å². The van der Waals surface area contributed by atoms with Crippen LogP contribution in [0.3, 0.4) is 0 Å². The summed E-state index contributed by atoms with van der Waals surface area (Å²) in [5.74, 6) is 1.96. The molecule has 0 bridgehead atoms. The molecule has 18 heavy (non-hydrogen) atoms. The molecular weight excluding hydrogens is 224 g/mol. The van der Waals surface area contributed by atoms with Crippen LogP contribution in [0.5, 0.6) is 0 Å². The molecule has 1 N–H and O–H groups in total. The molecule has 1 aromatic rings. The molecule has 4 nitrogen and oxygen atoms in total. The lowest BCUT2D eigenvalue weighted by molar-refractivity contribution is 0.435. The summed E-state index contributed by atoms with van der Waals surface area (Å²) in [6.45, 7) is 9.73. The minimum atomic E-state index is 0.486. The molecule has 1 fully saturated rings. The molecule has 2 heterocycles. The van der Waals surface area contributed by atoms with Gasteiger partial charge in [0, 0.05) is 37.4 Å². The molecule has 0 spiro atoms. The van der Waals surface area contributed by atoms with E-state index in [0.29, 0.717) is 6.04 Å². The van der Waals surface area contributed by atoms with Crippen LogP contribution in [0.15, 0.2) is 12.5 Å². The van der Waals surface area contributed by atoms with Gasteiger partial charge in [0.15, 0.2) is 0 Å². The Morgan fingerprint density at radius 1 is 1.39 bits per heavy atom. The fourth-order valence-corrected chi connectivity index (χ4v) is 2.30. The Hall–Kier alpha value is -1.16. The van der Waals surface area contributed by atoms with E-state index in [2.05, 4.69) is 41.0 Å². The van der Waals surface area contributed by atoms with Gasteiger partial charge >= 0.3 is 0 Å². The topological polar surface area (TPSA) is 41.1 Å². The molecule has 0 atom stereocenters. The molecule has 1 aromatic heterocycles. The lowest BCUT2D eigenvalue weighted by atomic mass is 9.99. The Kier molecular flexibility index (Phi) is 4.53. The fraction of sp³-hybridized carbons (Fsp3) is 0.714. The zero-order valence-electron chi connectivity index (χ0n) is 11.7. The molecule has 100 valence electrons. The Morgan fingerprint density at radius 2 is 2.11 bits per heavy atom. The van der Waals surface area contributed by atoms with E-state index in [1.807, 2.05) is 6.20 Å². The summed E-state index contributed by atoms with van der Waals surface area (Å²) < 4.78 is 0. The van der Waals surface area contributed by atoms with Crippen molar-refractivity contribution in [3.8, 4) is 0 Å². The molecule has 0 aliphatic carbocycles. The van der Waals surface area contributed by atoms with Gasteiger partial charge in [0.25, 0.3) is 0 Å². The molecule has 1 aliphatic heterocycles. The molecule has 0 amide bonds. The Bertz CT molecular complexity index is 370. The van der Waals surface area contributed by atoms with Crippen molar-refractivity contribution < 1.29 is 0 Å². The van der Waals surface area contributed by atoms with Crippen LogP contribution < -0.4 is 10.2 Å². The van der Waals surface area contributed by atoms with Crippen LogP contribution >= 0.6 is 0 Å². The molecule has 1 saturated heterocycles. The molecule has 2 rings (SSSR count). The van der Waals surface area contributed by atoms with E-state index in [9.17, 15) is 0 Å². The van der Waals surface area contributed by atoms with E-state index in [0.717, 1.165) is 31.4 Å². The monoisotopic (exact) mass is 248 g/mol. The largest absolute Gasteiger partial charge is 0.356 e. The number of hydrogen-bond donors (Lipinski definition) is 1. The summed E-state index contributed by atoms with van der Waals surface area (Å²) in [5, 5.41) is 3.44. The fourth-order valence-electron chi connectivity index (χ4n) is 2.30. The highest BCUT2D eigenvalue weighted by atomic mass is 15.2. The molecule has 4 heteroatoms. The Balaban J connectivity index is 2.07. The van der Waals surface area contributed by atoms with Crippen molar-refractivity contribution in [1.82, 2.24) is 15.3 Å². The van der Waals surface area contributed by atoms with Gasteiger partial charge in [-0.3, -0.25) is 0 Å². The highest BCUT2D eigenvalue weighted by molar-refractivity contribution is 5.45. The van der Waals surface area contributed by atoms with E-state index in [1.54, 1.807) is 6.33 Å². The second-order valence-corrected chi connectivity index (χ2v) is 5.58. The average molecular weight is 248 g/mol. The zero-order valence-corrected chi connectivity index (χ0v) is 11.7. The minimum absolute atomic E-state index is 0.486. The maximum absolute atomic E-state index is 4.48. The number of nitrogens with one attached hydrogen (secondary N) is 1. The van der Waals surface area contributed by atoms with Crippen molar-refractivity contribution in [2.75, 3.05) is 18.0 Å². The summed E-state index contributed by atoms with van der Waals surface area (Å²) in [5.41, 5.74) is 1.21. The number of piperidine rings is 1. The second kappa shape index (κ2) is 6.14. The molecule has 0 radical (unpaired) electrons. The molecule has 0 unspecified atom stereocenters. The standard InChI is InChI=1S/C14H24N4/c1-11(2)16-9-13-8-15-10-17-14(13)18-6-4-12(3)5-7-18/h8,10-12,16H,4-7,9H2,1-3H3. The van der Waals surface area contributed by atoms with Gasteiger partial charge in [0.1, 0.15) is 12.1 Å². The normalized spacial score (nSPS) is 17.4. The average Bonchev–Trinajstić information content (AvgIpc) is 2.38. The van der Waals surface area contributed by atoms with Gasteiger partial charge in [-0.2, -0.15) is 0 Å². The summed E-state index contributed by atoms with van der Waals surface area (Å²) in [4.78, 5) is 11.0. The SMILES string of the molecule is CC1CCN(c2ncncc2CNC(C)C)CC1. The van der Waals surface area contributed by atoms with Crippen molar-refractivity contribution >= 4 is 5.82 Å². The van der Waals surface area contributed by atoms with E-state index in [4.69, 9.17) is 0 Å². The quantitative estimate of drug-likeness (QED) is 0.887. The summed E-state index contributed by atoms with van der Waals surface area (Å²) >= 11 is 0. The maximum Gasteiger partial charge on any atom is 0.136 e. The van der Waals surface area contributed by atoms with Crippen LogP contribution in [0, 0.1) is 5.92 Å². The molecule has 0 saturated carbocycles. The number of anilines is 1. The number of aromatic nitrogens is 2. The Labute approximate surface area is 110 Å².